The topological polar surface area (TPSA) is 106 Å². The summed E-state index contributed by atoms with van der Waals surface area (Å²) in [5, 5.41) is 14.4. The second-order valence-corrected chi connectivity index (χ2v) is 8.29. The van der Waals surface area contributed by atoms with Gasteiger partial charge in [-0.2, -0.15) is 0 Å². The first-order valence-corrected chi connectivity index (χ1v) is 11.1. The summed E-state index contributed by atoms with van der Waals surface area (Å²) in [6.07, 6.45) is 2.20. The van der Waals surface area contributed by atoms with Gasteiger partial charge >= 0.3 is 0 Å². The van der Waals surface area contributed by atoms with Crippen molar-refractivity contribution in [3.05, 3.63) is 93.8 Å². The maximum atomic E-state index is 12.6. The molecule has 9 heteroatoms. The van der Waals surface area contributed by atoms with Crippen LogP contribution in [0, 0.1) is 6.92 Å². The van der Waals surface area contributed by atoms with Gasteiger partial charge in [-0.05, 0) is 55.0 Å². The summed E-state index contributed by atoms with van der Waals surface area (Å²) in [7, 11) is 0. The molecule has 4 rings (SSSR count). The monoisotopic (exact) mass is 462 g/mol. The minimum atomic E-state index is -0.398. The van der Waals surface area contributed by atoms with Crippen molar-refractivity contribution in [3.8, 4) is 5.75 Å². The molecule has 0 saturated carbocycles. The number of hydrogen-bond donors (Lipinski definition) is 2. The Bertz CT molecular complexity index is 1240. The molecule has 0 aliphatic heterocycles. The number of furan rings is 1. The molecule has 2 heterocycles. The lowest BCUT2D eigenvalue weighted by Gasteiger charge is -2.07. The minimum Gasteiger partial charge on any atom is -0.486 e. The number of rotatable bonds is 9. The van der Waals surface area contributed by atoms with Crippen LogP contribution < -0.4 is 15.4 Å². The Morgan fingerprint density at radius 2 is 1.91 bits per heavy atom. The van der Waals surface area contributed by atoms with Gasteiger partial charge in [-0.1, -0.05) is 29.5 Å². The lowest BCUT2D eigenvalue weighted by molar-refractivity contribution is 0.0952. The number of ether oxygens (including phenoxy) is 1. The first-order valence-electron chi connectivity index (χ1n) is 10.3. The molecule has 0 aliphatic rings. The highest BCUT2D eigenvalue weighted by Crippen LogP contribution is 2.18. The number of amides is 2. The van der Waals surface area contributed by atoms with Crippen LogP contribution in [-0.2, 0) is 13.0 Å². The molecule has 0 unspecified atom stereocenters. The number of benzene rings is 2. The molecule has 2 aromatic carbocycles. The fraction of sp³-hybridized carbons (Fsp3) is 0.167. The molecule has 168 valence electrons. The number of hydrogen-bond acceptors (Lipinski definition) is 7. The molecule has 0 fully saturated rings. The molecule has 2 amide bonds. The van der Waals surface area contributed by atoms with E-state index in [1.165, 1.54) is 0 Å². The summed E-state index contributed by atoms with van der Waals surface area (Å²) in [6, 6.07) is 18.1. The van der Waals surface area contributed by atoms with Gasteiger partial charge in [0.1, 0.15) is 18.1 Å². The molecule has 8 nitrogen and oxygen atoms in total. The van der Waals surface area contributed by atoms with Gasteiger partial charge < -0.3 is 19.8 Å². The van der Waals surface area contributed by atoms with Gasteiger partial charge in [-0.15, -0.1) is 10.2 Å². The van der Waals surface area contributed by atoms with E-state index in [9.17, 15) is 9.59 Å². The van der Waals surface area contributed by atoms with Gasteiger partial charge in [-0.25, -0.2) is 0 Å². The zero-order chi connectivity index (χ0) is 23.0. The fourth-order valence-corrected chi connectivity index (χ4v) is 3.68. The molecule has 0 atom stereocenters. The Labute approximate surface area is 194 Å². The summed E-state index contributed by atoms with van der Waals surface area (Å²) in [6.45, 7) is 2.66. The van der Waals surface area contributed by atoms with Crippen LogP contribution in [0.15, 0.2) is 71.3 Å². The van der Waals surface area contributed by atoms with E-state index in [-0.39, 0.29) is 17.5 Å². The molecule has 0 bridgehead atoms. The van der Waals surface area contributed by atoms with E-state index < -0.39 is 5.91 Å². The largest absolute Gasteiger partial charge is 0.486 e. The summed E-state index contributed by atoms with van der Waals surface area (Å²) in [5.74, 6) is 0.904. The maximum absolute atomic E-state index is 12.6. The van der Waals surface area contributed by atoms with Crippen LogP contribution in [0.2, 0.25) is 0 Å². The second kappa shape index (κ2) is 10.6. The molecule has 2 aromatic heterocycles. The van der Waals surface area contributed by atoms with Gasteiger partial charge in [0.15, 0.2) is 5.01 Å². The predicted molar refractivity (Wildman–Crippen MR) is 125 cm³/mol. The fourth-order valence-electron chi connectivity index (χ4n) is 3.03. The van der Waals surface area contributed by atoms with E-state index >= 15 is 0 Å². The molecule has 0 saturated heterocycles. The predicted octanol–water partition coefficient (Wildman–Crippen LogP) is 4.24. The Morgan fingerprint density at radius 3 is 2.73 bits per heavy atom. The molecule has 0 radical (unpaired) electrons. The quantitative estimate of drug-likeness (QED) is 0.385. The summed E-state index contributed by atoms with van der Waals surface area (Å²) in [5.41, 5.74) is 2.03. The summed E-state index contributed by atoms with van der Waals surface area (Å²) in [4.78, 5) is 25.0. The van der Waals surface area contributed by atoms with Crippen molar-refractivity contribution in [2.24, 2.45) is 0 Å². The first-order chi connectivity index (χ1) is 16.1. The molecule has 33 heavy (non-hydrogen) atoms. The number of nitrogens with zero attached hydrogens (tertiary/aromatic N) is 2. The SMILES string of the molecule is Cc1cccc(OCc2nnc(C(=O)Nc3cccc(C(=O)NCCc4ccco4)c3)s2)c1. The normalized spacial score (nSPS) is 10.6. The van der Waals surface area contributed by atoms with Crippen LogP contribution in [-0.4, -0.2) is 28.6 Å². The number of carbonyl (C=O) groups is 2. The smallest absolute Gasteiger partial charge is 0.286 e. The third-order valence-electron chi connectivity index (χ3n) is 4.63. The first kappa shape index (κ1) is 22.2. The average molecular weight is 463 g/mol. The zero-order valence-electron chi connectivity index (χ0n) is 17.9. The molecular formula is C24H22N4O4S. The van der Waals surface area contributed by atoms with E-state index in [1.54, 1.807) is 36.6 Å². The lowest BCUT2D eigenvalue weighted by atomic mass is 10.2. The Balaban J connectivity index is 1.30. The van der Waals surface area contributed by atoms with Gasteiger partial charge in [-0.3, -0.25) is 9.59 Å². The van der Waals surface area contributed by atoms with Crippen molar-refractivity contribution in [2.45, 2.75) is 20.0 Å². The van der Waals surface area contributed by atoms with Gasteiger partial charge in [0.25, 0.3) is 11.8 Å². The van der Waals surface area contributed by atoms with Crippen LogP contribution in [0.1, 0.15) is 36.5 Å². The lowest BCUT2D eigenvalue weighted by Crippen LogP contribution is -2.25. The number of carbonyl (C=O) groups excluding carboxylic acids is 2. The number of nitrogens with one attached hydrogen (secondary N) is 2. The van der Waals surface area contributed by atoms with Crippen molar-refractivity contribution in [3.63, 3.8) is 0 Å². The zero-order valence-corrected chi connectivity index (χ0v) is 18.7. The van der Waals surface area contributed by atoms with Crippen LogP contribution >= 0.6 is 11.3 Å². The third-order valence-corrected chi connectivity index (χ3v) is 5.53. The molecule has 0 spiro atoms. The molecule has 2 N–H and O–H groups in total. The Hall–Kier alpha value is -3.98. The van der Waals surface area contributed by atoms with Crippen molar-refractivity contribution in [1.82, 2.24) is 15.5 Å². The van der Waals surface area contributed by atoms with Crippen LogP contribution in [0.5, 0.6) is 5.75 Å². The molecular weight excluding hydrogens is 440 g/mol. The van der Waals surface area contributed by atoms with Crippen molar-refractivity contribution < 1.29 is 18.7 Å². The Kier molecular flexibility index (Phi) is 7.11. The van der Waals surface area contributed by atoms with Crippen LogP contribution in [0.25, 0.3) is 0 Å². The highest BCUT2D eigenvalue weighted by Gasteiger charge is 2.15. The Morgan fingerprint density at radius 1 is 1.03 bits per heavy atom. The van der Waals surface area contributed by atoms with Crippen molar-refractivity contribution in [1.29, 1.82) is 0 Å². The van der Waals surface area contributed by atoms with Gasteiger partial charge in [0.05, 0.1) is 6.26 Å². The molecule has 4 aromatic rings. The number of aryl methyl sites for hydroxylation is 1. The molecule has 0 aliphatic carbocycles. The minimum absolute atomic E-state index is 0.214. The number of anilines is 1. The highest BCUT2D eigenvalue weighted by molar-refractivity contribution is 7.13. The average Bonchev–Trinajstić information content (AvgIpc) is 3.50. The van der Waals surface area contributed by atoms with Gasteiger partial charge in [0.2, 0.25) is 5.01 Å². The van der Waals surface area contributed by atoms with E-state index in [4.69, 9.17) is 9.15 Å². The second-order valence-electron chi connectivity index (χ2n) is 7.23. The summed E-state index contributed by atoms with van der Waals surface area (Å²) >= 11 is 1.16. The highest BCUT2D eigenvalue weighted by atomic mass is 32.1. The van der Waals surface area contributed by atoms with E-state index in [0.717, 1.165) is 28.4 Å². The van der Waals surface area contributed by atoms with Gasteiger partial charge in [0, 0.05) is 24.2 Å². The standard InChI is InChI=1S/C24H22N4O4S/c1-16-5-2-8-20(13-16)32-15-21-27-28-24(33-21)23(30)26-18-7-3-6-17(14-18)22(29)25-11-10-19-9-4-12-31-19/h2-9,12-14H,10-11,15H2,1H3,(H,25,29)(H,26,30). The van der Waals surface area contributed by atoms with E-state index in [2.05, 4.69) is 20.8 Å². The van der Waals surface area contributed by atoms with Crippen molar-refractivity contribution in [2.75, 3.05) is 11.9 Å². The van der Waals surface area contributed by atoms with E-state index in [0.29, 0.717) is 29.2 Å². The van der Waals surface area contributed by atoms with Crippen LogP contribution in [0.3, 0.4) is 0 Å². The van der Waals surface area contributed by atoms with Crippen molar-refractivity contribution >= 4 is 28.8 Å². The summed E-state index contributed by atoms with van der Waals surface area (Å²) < 4.78 is 11.0. The van der Waals surface area contributed by atoms with Crippen LogP contribution in [0.4, 0.5) is 5.69 Å². The maximum Gasteiger partial charge on any atom is 0.286 e. The third kappa shape index (κ3) is 6.27. The van der Waals surface area contributed by atoms with E-state index in [1.807, 2.05) is 37.3 Å². The number of aromatic nitrogens is 2.